The molecule has 2 fully saturated rings. The highest BCUT2D eigenvalue weighted by Gasteiger charge is 2.22. The number of anilines is 1. The highest BCUT2D eigenvalue weighted by molar-refractivity contribution is 6.32. The number of nitrogens with one attached hydrogen (secondary N) is 1. The maximum Gasteiger partial charge on any atom is 0.253 e. The lowest BCUT2D eigenvalue weighted by molar-refractivity contribution is 0.0950. The second-order valence-electron chi connectivity index (χ2n) is 8.94. The molecule has 0 radical (unpaired) electrons. The summed E-state index contributed by atoms with van der Waals surface area (Å²) in [6.45, 7) is 5.99. The van der Waals surface area contributed by atoms with Crippen LogP contribution >= 0.6 is 11.6 Å². The lowest BCUT2D eigenvalue weighted by Gasteiger charge is -2.30. The lowest BCUT2D eigenvalue weighted by Crippen LogP contribution is -2.38. The molecule has 2 aromatic heterocycles. The van der Waals surface area contributed by atoms with E-state index < -0.39 is 0 Å². The van der Waals surface area contributed by atoms with Crippen molar-refractivity contribution in [2.45, 2.75) is 26.3 Å². The first-order valence-corrected chi connectivity index (χ1v) is 12.3. The van der Waals surface area contributed by atoms with Crippen molar-refractivity contribution in [1.29, 1.82) is 0 Å². The van der Waals surface area contributed by atoms with Crippen LogP contribution in [0.4, 0.5) is 5.82 Å². The number of amides is 1. The summed E-state index contributed by atoms with van der Waals surface area (Å²) in [5, 5.41) is 11.8. The fourth-order valence-electron chi connectivity index (χ4n) is 4.01. The van der Waals surface area contributed by atoms with E-state index in [1.165, 1.54) is 19.0 Å². The Morgan fingerprint density at radius 2 is 2.06 bits per heavy atom. The van der Waals surface area contributed by atoms with E-state index in [1.54, 1.807) is 18.3 Å². The van der Waals surface area contributed by atoms with Gasteiger partial charge in [0.15, 0.2) is 0 Å². The van der Waals surface area contributed by atoms with Crippen molar-refractivity contribution in [3.8, 4) is 17.0 Å². The normalized spacial score (nSPS) is 15.7. The van der Waals surface area contributed by atoms with Crippen LogP contribution in [0.25, 0.3) is 11.3 Å². The minimum atomic E-state index is -0.229. The van der Waals surface area contributed by atoms with Gasteiger partial charge in [-0.2, -0.15) is 10.2 Å². The first-order valence-electron chi connectivity index (χ1n) is 11.9. The Bertz CT molecular complexity index is 1210. The first kappa shape index (κ1) is 23.5. The van der Waals surface area contributed by atoms with Gasteiger partial charge in [0.05, 0.1) is 42.3 Å². The standard InChI is InChI=1S/C26H28ClN5O3/c1-17-6-7-28-25(32-8-10-34-11-9-32)21(17)15-29-26(33)20-13-23(31-30-14-20)19-4-5-24(22(27)12-19)35-16-18-2-3-18/h4-7,12-14,18H,2-3,8-11,15-16H2,1H3,(H,29,33). The van der Waals surface area contributed by atoms with Gasteiger partial charge in [-0.05, 0) is 61.6 Å². The van der Waals surface area contributed by atoms with Crippen molar-refractivity contribution < 1.29 is 14.3 Å². The van der Waals surface area contributed by atoms with Gasteiger partial charge in [0.2, 0.25) is 0 Å². The van der Waals surface area contributed by atoms with Crippen molar-refractivity contribution in [3.05, 3.63) is 64.4 Å². The van der Waals surface area contributed by atoms with Gasteiger partial charge in [0.25, 0.3) is 5.91 Å². The van der Waals surface area contributed by atoms with Gasteiger partial charge in [0, 0.05) is 37.0 Å². The average molecular weight is 494 g/mol. The van der Waals surface area contributed by atoms with Crippen LogP contribution in [0.3, 0.4) is 0 Å². The number of hydrogen-bond acceptors (Lipinski definition) is 7. The molecule has 1 saturated heterocycles. The molecule has 1 aliphatic carbocycles. The first-order chi connectivity index (χ1) is 17.1. The van der Waals surface area contributed by atoms with Crippen molar-refractivity contribution >= 4 is 23.3 Å². The summed E-state index contributed by atoms with van der Waals surface area (Å²) in [6, 6.07) is 9.19. The van der Waals surface area contributed by atoms with E-state index in [2.05, 4.69) is 25.4 Å². The Morgan fingerprint density at radius 3 is 2.83 bits per heavy atom. The van der Waals surface area contributed by atoms with E-state index in [9.17, 15) is 4.79 Å². The van der Waals surface area contributed by atoms with Gasteiger partial charge in [-0.3, -0.25) is 4.79 Å². The van der Waals surface area contributed by atoms with E-state index in [1.807, 2.05) is 25.1 Å². The highest BCUT2D eigenvalue weighted by atomic mass is 35.5. The van der Waals surface area contributed by atoms with Crippen LogP contribution in [0.15, 0.2) is 42.7 Å². The Balaban J connectivity index is 1.28. The maximum atomic E-state index is 13.0. The Labute approximate surface area is 209 Å². The third kappa shape index (κ3) is 5.71. The molecule has 1 aromatic carbocycles. The van der Waals surface area contributed by atoms with Crippen LogP contribution in [-0.4, -0.2) is 54.0 Å². The number of ether oxygens (including phenoxy) is 2. The number of carbonyl (C=O) groups is 1. The molecule has 0 atom stereocenters. The molecule has 3 heterocycles. The summed E-state index contributed by atoms with van der Waals surface area (Å²) in [4.78, 5) is 19.8. The molecule has 1 amide bonds. The van der Waals surface area contributed by atoms with Crippen LogP contribution in [0.5, 0.6) is 5.75 Å². The molecule has 35 heavy (non-hydrogen) atoms. The van der Waals surface area contributed by atoms with Crippen LogP contribution < -0.4 is 15.0 Å². The van der Waals surface area contributed by atoms with Crippen molar-refractivity contribution in [1.82, 2.24) is 20.5 Å². The number of rotatable bonds is 8. The molecule has 3 aromatic rings. The second kappa shape index (κ2) is 10.6. The number of nitrogens with zero attached hydrogens (tertiary/aromatic N) is 4. The van der Waals surface area contributed by atoms with E-state index in [4.69, 9.17) is 21.1 Å². The smallest absolute Gasteiger partial charge is 0.253 e. The van der Waals surface area contributed by atoms with Crippen LogP contribution in [0, 0.1) is 12.8 Å². The minimum Gasteiger partial charge on any atom is -0.492 e. The fourth-order valence-corrected chi connectivity index (χ4v) is 4.25. The fraction of sp³-hybridized carbons (Fsp3) is 0.385. The van der Waals surface area contributed by atoms with E-state index >= 15 is 0 Å². The molecule has 9 heteroatoms. The number of carbonyl (C=O) groups excluding carboxylic acids is 1. The van der Waals surface area contributed by atoms with Crippen LogP contribution in [0.1, 0.15) is 34.3 Å². The number of halogens is 1. The molecule has 0 spiro atoms. The molecule has 0 unspecified atom stereocenters. The average Bonchev–Trinajstić information content (AvgIpc) is 3.72. The Kier molecular flexibility index (Phi) is 7.11. The molecule has 8 nitrogen and oxygen atoms in total. The number of benzene rings is 1. The monoisotopic (exact) mass is 493 g/mol. The summed E-state index contributed by atoms with van der Waals surface area (Å²) < 4.78 is 11.3. The summed E-state index contributed by atoms with van der Waals surface area (Å²) in [7, 11) is 0. The van der Waals surface area contributed by atoms with Crippen molar-refractivity contribution in [3.63, 3.8) is 0 Å². The summed E-state index contributed by atoms with van der Waals surface area (Å²) in [5.74, 6) is 1.97. The number of aromatic nitrogens is 3. The van der Waals surface area contributed by atoms with E-state index in [0.717, 1.165) is 35.6 Å². The quantitative estimate of drug-likeness (QED) is 0.506. The SMILES string of the molecule is Cc1ccnc(N2CCOCC2)c1CNC(=O)c1cnnc(-c2ccc(OCC3CC3)c(Cl)c2)c1. The van der Waals surface area contributed by atoms with Crippen molar-refractivity contribution in [2.75, 3.05) is 37.8 Å². The number of hydrogen-bond donors (Lipinski definition) is 1. The van der Waals surface area contributed by atoms with Crippen LogP contribution in [0.2, 0.25) is 5.02 Å². The molecule has 1 aliphatic heterocycles. The highest BCUT2D eigenvalue weighted by Crippen LogP contribution is 2.33. The third-order valence-electron chi connectivity index (χ3n) is 6.32. The molecule has 0 bridgehead atoms. The number of morpholine rings is 1. The lowest BCUT2D eigenvalue weighted by atomic mass is 10.1. The minimum absolute atomic E-state index is 0.229. The molecule has 1 saturated carbocycles. The molecule has 5 rings (SSSR count). The van der Waals surface area contributed by atoms with Crippen LogP contribution in [-0.2, 0) is 11.3 Å². The topological polar surface area (TPSA) is 89.5 Å². The van der Waals surface area contributed by atoms with Gasteiger partial charge < -0.3 is 19.7 Å². The zero-order valence-corrected chi connectivity index (χ0v) is 20.4. The number of aryl methyl sites for hydroxylation is 1. The summed E-state index contributed by atoms with van der Waals surface area (Å²) in [6.07, 6.45) is 5.70. The van der Waals surface area contributed by atoms with Gasteiger partial charge >= 0.3 is 0 Å². The second-order valence-corrected chi connectivity index (χ2v) is 9.35. The maximum absolute atomic E-state index is 13.0. The van der Waals surface area contributed by atoms with Crippen molar-refractivity contribution in [2.24, 2.45) is 5.92 Å². The molecule has 1 N–H and O–H groups in total. The zero-order valence-electron chi connectivity index (χ0n) is 19.7. The van der Waals surface area contributed by atoms with E-state index in [0.29, 0.717) is 54.3 Å². The molecule has 2 aliphatic rings. The molecular formula is C26H28ClN5O3. The number of pyridine rings is 1. The molecule has 182 valence electrons. The van der Waals surface area contributed by atoms with Gasteiger partial charge in [-0.25, -0.2) is 4.98 Å². The summed E-state index contributed by atoms with van der Waals surface area (Å²) in [5.41, 5.74) is 3.84. The Morgan fingerprint density at radius 1 is 1.23 bits per heavy atom. The van der Waals surface area contributed by atoms with Gasteiger partial charge in [0.1, 0.15) is 11.6 Å². The van der Waals surface area contributed by atoms with Gasteiger partial charge in [-0.1, -0.05) is 11.6 Å². The third-order valence-corrected chi connectivity index (χ3v) is 6.61. The van der Waals surface area contributed by atoms with Gasteiger partial charge in [-0.15, -0.1) is 0 Å². The Hall–Kier alpha value is -3.23. The predicted octanol–water partition coefficient (Wildman–Crippen LogP) is 4.06. The summed E-state index contributed by atoms with van der Waals surface area (Å²) >= 11 is 6.43. The van der Waals surface area contributed by atoms with E-state index in [-0.39, 0.29) is 5.91 Å². The molecular weight excluding hydrogens is 466 g/mol. The predicted molar refractivity (Wildman–Crippen MR) is 134 cm³/mol. The largest absolute Gasteiger partial charge is 0.492 e. The zero-order chi connectivity index (χ0) is 24.2.